The van der Waals surface area contributed by atoms with Gasteiger partial charge in [0.15, 0.2) is 11.0 Å². The highest BCUT2D eigenvalue weighted by atomic mass is 32.2. The Balaban J connectivity index is 2.03. The van der Waals surface area contributed by atoms with Gasteiger partial charge in [-0.15, -0.1) is 10.2 Å². The number of hydrogen-bond donors (Lipinski definition) is 0. The summed E-state index contributed by atoms with van der Waals surface area (Å²) in [5, 5.41) is 9.45. The van der Waals surface area contributed by atoms with Crippen molar-refractivity contribution in [3.63, 3.8) is 0 Å². The van der Waals surface area contributed by atoms with E-state index in [1.807, 2.05) is 28.6 Å². The second-order valence-corrected chi connectivity index (χ2v) is 9.16. The van der Waals surface area contributed by atoms with Gasteiger partial charge in [-0.1, -0.05) is 63.7 Å². The molecule has 0 N–H and O–H groups in total. The molecule has 2 aromatic rings. The molecule has 0 saturated carbocycles. The van der Waals surface area contributed by atoms with Crippen LogP contribution in [0.1, 0.15) is 46.1 Å². The molecule has 6 heteroatoms. The zero-order chi connectivity index (χ0) is 20.7. The highest BCUT2D eigenvalue weighted by molar-refractivity contribution is 7.99. The number of amides is 1. The lowest BCUT2D eigenvalue weighted by Gasteiger charge is -2.24. The number of nitrogens with zero attached hydrogens (tertiary/aromatic N) is 4. The molecule has 0 bridgehead atoms. The topological polar surface area (TPSA) is 51.0 Å². The zero-order valence-corrected chi connectivity index (χ0v) is 18.9. The molecule has 0 radical (unpaired) electrons. The molecule has 0 spiro atoms. The van der Waals surface area contributed by atoms with Gasteiger partial charge in [-0.05, 0) is 37.2 Å². The molecule has 0 aliphatic rings. The number of thioether (sulfide) groups is 1. The molecule has 154 valence electrons. The van der Waals surface area contributed by atoms with Crippen molar-refractivity contribution in [1.82, 2.24) is 19.7 Å². The third kappa shape index (κ3) is 6.36. The molecule has 28 heavy (non-hydrogen) atoms. The maximum Gasteiger partial charge on any atom is 0.233 e. The van der Waals surface area contributed by atoms with E-state index in [-0.39, 0.29) is 5.91 Å². The predicted molar refractivity (Wildman–Crippen MR) is 117 cm³/mol. The van der Waals surface area contributed by atoms with Gasteiger partial charge in [-0.2, -0.15) is 0 Å². The average molecular weight is 403 g/mol. The van der Waals surface area contributed by atoms with Crippen LogP contribution in [0.15, 0.2) is 29.4 Å². The van der Waals surface area contributed by atoms with E-state index in [0.717, 1.165) is 42.5 Å². The lowest BCUT2D eigenvalue weighted by atomic mass is 10.1. The predicted octanol–water partition coefficient (Wildman–Crippen LogP) is 4.80. The van der Waals surface area contributed by atoms with Crippen molar-refractivity contribution in [3.05, 3.63) is 29.8 Å². The molecule has 5 nitrogen and oxygen atoms in total. The fourth-order valence-corrected chi connectivity index (χ4v) is 3.72. The molecule has 0 aliphatic carbocycles. The quantitative estimate of drug-likeness (QED) is 0.536. The minimum Gasteiger partial charge on any atom is -0.342 e. The van der Waals surface area contributed by atoms with Gasteiger partial charge in [0, 0.05) is 25.7 Å². The monoisotopic (exact) mass is 402 g/mol. The molecule has 0 atom stereocenters. The van der Waals surface area contributed by atoms with E-state index in [2.05, 4.69) is 56.9 Å². The molecule has 0 fully saturated rings. The average Bonchev–Trinajstić information content (AvgIpc) is 3.00. The smallest absolute Gasteiger partial charge is 0.233 e. The summed E-state index contributed by atoms with van der Waals surface area (Å²) in [6, 6.07) is 8.15. The Labute approximate surface area is 173 Å². The Morgan fingerprint density at radius 1 is 1.07 bits per heavy atom. The first kappa shape index (κ1) is 22.5. The van der Waals surface area contributed by atoms with Crippen LogP contribution in [0, 0.1) is 18.8 Å². The Kier molecular flexibility index (Phi) is 8.55. The van der Waals surface area contributed by atoms with E-state index < -0.39 is 0 Å². The minimum atomic E-state index is 0.187. The lowest BCUT2D eigenvalue weighted by molar-refractivity contribution is -0.128. The van der Waals surface area contributed by atoms with Crippen molar-refractivity contribution < 1.29 is 4.79 Å². The largest absolute Gasteiger partial charge is 0.342 e. The van der Waals surface area contributed by atoms with Crippen molar-refractivity contribution >= 4 is 17.7 Å². The van der Waals surface area contributed by atoms with Crippen LogP contribution in [-0.2, 0) is 11.8 Å². The van der Waals surface area contributed by atoms with Gasteiger partial charge in [0.2, 0.25) is 5.91 Å². The van der Waals surface area contributed by atoms with Crippen molar-refractivity contribution in [2.24, 2.45) is 18.9 Å². The van der Waals surface area contributed by atoms with E-state index in [1.165, 1.54) is 17.3 Å². The van der Waals surface area contributed by atoms with Crippen LogP contribution in [0.2, 0.25) is 0 Å². The summed E-state index contributed by atoms with van der Waals surface area (Å²) >= 11 is 1.47. The maximum absolute atomic E-state index is 12.8. The van der Waals surface area contributed by atoms with Gasteiger partial charge < -0.3 is 9.47 Å². The number of rotatable bonds is 10. The normalized spacial score (nSPS) is 11.4. The van der Waals surface area contributed by atoms with Crippen molar-refractivity contribution in [2.45, 2.75) is 52.6 Å². The number of carbonyl (C=O) groups is 1. The van der Waals surface area contributed by atoms with E-state index in [4.69, 9.17) is 0 Å². The summed E-state index contributed by atoms with van der Waals surface area (Å²) in [6.07, 6.45) is 2.08. The highest BCUT2D eigenvalue weighted by Gasteiger charge is 2.18. The van der Waals surface area contributed by atoms with Crippen LogP contribution in [0.4, 0.5) is 0 Å². The summed E-state index contributed by atoms with van der Waals surface area (Å²) in [4.78, 5) is 14.9. The number of carbonyl (C=O) groups excluding carboxylic acids is 1. The van der Waals surface area contributed by atoms with Gasteiger partial charge in [-0.3, -0.25) is 4.79 Å². The first-order valence-corrected chi connectivity index (χ1v) is 11.1. The molecule has 0 aliphatic heterocycles. The fourth-order valence-electron chi connectivity index (χ4n) is 2.91. The van der Waals surface area contributed by atoms with Gasteiger partial charge in [-0.25, -0.2) is 0 Å². The second-order valence-electron chi connectivity index (χ2n) is 8.21. The van der Waals surface area contributed by atoms with Crippen LogP contribution >= 0.6 is 11.8 Å². The summed E-state index contributed by atoms with van der Waals surface area (Å²) < 4.78 is 1.98. The van der Waals surface area contributed by atoms with Crippen LogP contribution in [-0.4, -0.2) is 44.4 Å². The molecule has 1 aromatic heterocycles. The SMILES string of the molecule is Cc1ccccc1-c1nnc(SCC(=O)N(CCC(C)C)CCC(C)C)n1C. The first-order valence-electron chi connectivity index (χ1n) is 10.2. The van der Waals surface area contributed by atoms with Crippen LogP contribution in [0.25, 0.3) is 11.4 Å². The van der Waals surface area contributed by atoms with E-state index in [1.54, 1.807) is 0 Å². The van der Waals surface area contributed by atoms with Crippen LogP contribution in [0.5, 0.6) is 0 Å². The van der Waals surface area contributed by atoms with Crippen molar-refractivity contribution in [2.75, 3.05) is 18.8 Å². The third-order valence-corrected chi connectivity index (χ3v) is 5.86. The van der Waals surface area contributed by atoms with Gasteiger partial charge >= 0.3 is 0 Å². The van der Waals surface area contributed by atoms with Crippen LogP contribution < -0.4 is 0 Å². The molecule has 1 aromatic carbocycles. The minimum absolute atomic E-state index is 0.187. The van der Waals surface area contributed by atoms with E-state index in [9.17, 15) is 4.79 Å². The molecular formula is C22H34N4OS. The zero-order valence-electron chi connectivity index (χ0n) is 18.1. The van der Waals surface area contributed by atoms with Crippen molar-refractivity contribution in [1.29, 1.82) is 0 Å². The Morgan fingerprint density at radius 3 is 2.25 bits per heavy atom. The number of hydrogen-bond acceptors (Lipinski definition) is 4. The summed E-state index contributed by atoms with van der Waals surface area (Å²) in [5.41, 5.74) is 2.24. The molecule has 1 heterocycles. The van der Waals surface area contributed by atoms with Gasteiger partial charge in [0.25, 0.3) is 0 Å². The Bertz CT molecular complexity index is 758. The van der Waals surface area contributed by atoms with Gasteiger partial charge in [0.05, 0.1) is 5.75 Å². The molecule has 1 amide bonds. The fraction of sp³-hybridized carbons (Fsp3) is 0.591. The van der Waals surface area contributed by atoms with E-state index >= 15 is 0 Å². The summed E-state index contributed by atoms with van der Waals surface area (Å²) in [5.74, 6) is 2.61. The Hall–Kier alpha value is -1.82. The Morgan fingerprint density at radius 2 is 1.68 bits per heavy atom. The van der Waals surface area contributed by atoms with Crippen molar-refractivity contribution in [3.8, 4) is 11.4 Å². The highest BCUT2D eigenvalue weighted by Crippen LogP contribution is 2.25. The molecule has 0 unspecified atom stereocenters. The molecular weight excluding hydrogens is 368 g/mol. The maximum atomic E-state index is 12.8. The lowest BCUT2D eigenvalue weighted by Crippen LogP contribution is -2.35. The first-order chi connectivity index (χ1) is 13.3. The molecule has 0 saturated heterocycles. The van der Waals surface area contributed by atoms with Crippen LogP contribution in [0.3, 0.4) is 0 Å². The number of benzene rings is 1. The number of aryl methyl sites for hydroxylation is 1. The summed E-state index contributed by atoms with van der Waals surface area (Å²) in [7, 11) is 1.96. The standard InChI is InChI=1S/C22H34N4OS/c1-16(2)11-13-26(14-12-17(3)4)20(27)15-28-22-24-23-21(25(22)6)19-10-8-7-9-18(19)5/h7-10,16-17H,11-15H2,1-6H3. The second kappa shape index (κ2) is 10.6. The molecule has 2 rings (SSSR count). The number of aromatic nitrogens is 3. The van der Waals surface area contributed by atoms with E-state index in [0.29, 0.717) is 17.6 Å². The summed E-state index contributed by atoms with van der Waals surface area (Å²) in [6.45, 7) is 12.5. The third-order valence-electron chi connectivity index (χ3n) is 4.85. The van der Waals surface area contributed by atoms with Gasteiger partial charge in [0.1, 0.15) is 0 Å².